The van der Waals surface area contributed by atoms with E-state index in [2.05, 4.69) is 63.7 Å². The first-order chi connectivity index (χ1) is 32.2. The summed E-state index contributed by atoms with van der Waals surface area (Å²) in [6.45, 7) is 19.0. The molecule has 14 nitrogen and oxygen atoms in total. The second-order valence-corrected chi connectivity index (χ2v) is 20.2. The topological polar surface area (TPSA) is 173 Å². The molecule has 0 aliphatic carbocycles. The molecule has 0 saturated carbocycles. The number of halogens is 5. The van der Waals surface area contributed by atoms with E-state index in [1.54, 1.807) is 21.9 Å². The molecule has 0 spiro atoms. The first kappa shape index (κ1) is 52.9. The van der Waals surface area contributed by atoms with Crippen LogP contribution in [-0.2, 0) is 35.5 Å². The van der Waals surface area contributed by atoms with Gasteiger partial charge in [0, 0.05) is 83.7 Å². The van der Waals surface area contributed by atoms with Crippen LogP contribution in [0.2, 0.25) is 0 Å². The van der Waals surface area contributed by atoms with Gasteiger partial charge in [-0.15, -0.1) is 0 Å². The number of nitrogens with zero attached hydrogens (tertiary/aromatic N) is 3. The van der Waals surface area contributed by atoms with Crippen LogP contribution in [0.1, 0.15) is 112 Å². The van der Waals surface area contributed by atoms with Gasteiger partial charge in [-0.25, -0.2) is 8.78 Å². The standard InChI is InChI=1S/C18H27BN2O4.C12H15BrN2O2.C10H9BrFNO.C8H5BrFNO/c1-6-21-11-12-9-13(19-24-17(2,3)18(4,5)25-19)10-14(20-7-8-22)15(12)16(21)23;1-2-15-7-8-5-9(13)6-10(14-3-4-16)11(8)12(15)17;1-2-13-5-6-3-7(11)4-8(12)9(6)10(13)14;9-5-1-4-3-11-8(12)7(4)6(10)2-5/h9-10,20,22H,6-8,11H2,1-5H3;5-6,14,16H,2-4,7H2,1H3;3-4H,2,5H2,1H3;1-2H,3H2,(H,11,12). The Hall–Kier alpha value is -4.44. The second-order valence-electron chi connectivity index (χ2n) is 17.5. The summed E-state index contributed by atoms with van der Waals surface area (Å²) in [5, 5.41) is 26.8. The number of carbonyl (C=O) groups is 4. The van der Waals surface area contributed by atoms with Gasteiger partial charge in [0.1, 0.15) is 11.6 Å². The molecule has 4 amide bonds. The second kappa shape index (κ2) is 22.1. The molecular formula is C48H56BBr3F2N6O8. The lowest BCUT2D eigenvalue weighted by molar-refractivity contribution is 0.00578. The normalized spacial score (nSPS) is 16.8. The quantitative estimate of drug-likeness (QED) is 0.0997. The number of benzene rings is 4. The van der Waals surface area contributed by atoms with Crippen molar-refractivity contribution in [2.75, 3.05) is 56.6 Å². The molecule has 5 heterocycles. The highest BCUT2D eigenvalue weighted by Crippen LogP contribution is 2.38. The molecule has 4 aromatic carbocycles. The molecule has 5 aliphatic rings. The molecule has 4 aromatic rings. The third-order valence-corrected chi connectivity index (χ3v) is 13.9. The molecule has 9 rings (SSSR count). The lowest BCUT2D eigenvalue weighted by Crippen LogP contribution is -2.41. The Bertz CT molecular complexity index is 2590. The van der Waals surface area contributed by atoms with Crippen molar-refractivity contribution < 1.29 is 47.5 Å². The van der Waals surface area contributed by atoms with Gasteiger partial charge in [0.15, 0.2) is 0 Å². The van der Waals surface area contributed by atoms with Crippen LogP contribution in [0, 0.1) is 11.6 Å². The van der Waals surface area contributed by atoms with Crippen LogP contribution < -0.4 is 21.4 Å². The largest absolute Gasteiger partial charge is 0.494 e. The van der Waals surface area contributed by atoms with Gasteiger partial charge < -0.3 is 50.2 Å². The summed E-state index contributed by atoms with van der Waals surface area (Å²) in [5.74, 6) is -1.33. The van der Waals surface area contributed by atoms with Crippen LogP contribution in [0.3, 0.4) is 0 Å². The van der Waals surface area contributed by atoms with E-state index in [-0.39, 0.29) is 48.0 Å². The van der Waals surface area contributed by atoms with Crippen LogP contribution in [-0.4, -0.2) is 113 Å². The Kier molecular flexibility index (Phi) is 17.2. The van der Waals surface area contributed by atoms with Gasteiger partial charge in [0.05, 0.1) is 46.7 Å². The first-order valence-corrected chi connectivity index (χ1v) is 24.7. The van der Waals surface area contributed by atoms with E-state index in [9.17, 15) is 28.0 Å². The highest BCUT2D eigenvalue weighted by atomic mass is 79.9. The minimum absolute atomic E-state index is 0.00116. The van der Waals surface area contributed by atoms with E-state index in [0.717, 1.165) is 43.6 Å². The van der Waals surface area contributed by atoms with Gasteiger partial charge in [-0.3, -0.25) is 19.2 Å². The van der Waals surface area contributed by atoms with Crippen molar-refractivity contribution in [3.63, 3.8) is 0 Å². The Labute approximate surface area is 421 Å². The number of nitrogens with one attached hydrogen (secondary N) is 3. The number of anilines is 2. The first-order valence-electron chi connectivity index (χ1n) is 22.3. The Morgan fingerprint density at radius 3 is 1.47 bits per heavy atom. The minimum Gasteiger partial charge on any atom is -0.399 e. The number of rotatable bonds is 10. The number of fused-ring (bicyclic) bond motifs is 4. The number of hydrogen-bond acceptors (Lipinski definition) is 10. The number of hydrogen-bond donors (Lipinski definition) is 5. The van der Waals surface area contributed by atoms with Crippen molar-refractivity contribution in [1.29, 1.82) is 0 Å². The van der Waals surface area contributed by atoms with E-state index in [0.29, 0.717) is 79.0 Å². The van der Waals surface area contributed by atoms with Crippen LogP contribution in [0.25, 0.3) is 0 Å². The van der Waals surface area contributed by atoms with Gasteiger partial charge in [-0.2, -0.15) is 0 Å². The molecule has 364 valence electrons. The molecule has 68 heavy (non-hydrogen) atoms. The molecule has 0 bridgehead atoms. The number of amides is 4. The molecule has 5 aliphatic heterocycles. The Morgan fingerprint density at radius 1 is 0.603 bits per heavy atom. The van der Waals surface area contributed by atoms with Crippen molar-refractivity contribution >= 4 is 95.4 Å². The monoisotopic (exact) mass is 1130 g/mol. The summed E-state index contributed by atoms with van der Waals surface area (Å²) in [4.78, 5) is 52.6. The zero-order chi connectivity index (χ0) is 49.8. The number of aliphatic hydroxyl groups excluding tert-OH is 2. The molecule has 0 atom stereocenters. The molecule has 0 aromatic heterocycles. The fourth-order valence-electron chi connectivity index (χ4n) is 8.27. The maximum Gasteiger partial charge on any atom is 0.494 e. The SMILES string of the molecule is CCN1Cc2cc(B3OC(C)(C)C(C)(C)O3)cc(NCCO)c2C1=O.CCN1Cc2cc(Br)cc(F)c2C1=O.CCN1Cc2cc(Br)cc(NCCO)c2C1=O.O=C1NCc2cc(Br)cc(F)c21. The van der Waals surface area contributed by atoms with E-state index >= 15 is 0 Å². The number of aliphatic hydroxyl groups is 2. The molecule has 5 N–H and O–H groups in total. The molecule has 0 unspecified atom stereocenters. The van der Waals surface area contributed by atoms with E-state index in [1.807, 2.05) is 77.6 Å². The van der Waals surface area contributed by atoms with Crippen molar-refractivity contribution in [3.8, 4) is 0 Å². The fourth-order valence-corrected chi connectivity index (χ4v) is 9.73. The zero-order valence-electron chi connectivity index (χ0n) is 39.0. The predicted octanol–water partition coefficient (Wildman–Crippen LogP) is 7.59. The minimum atomic E-state index is -0.476. The summed E-state index contributed by atoms with van der Waals surface area (Å²) in [6, 6.07) is 13.9. The highest BCUT2D eigenvalue weighted by Gasteiger charge is 2.52. The molecule has 1 saturated heterocycles. The third-order valence-electron chi connectivity index (χ3n) is 12.5. The summed E-state index contributed by atoms with van der Waals surface area (Å²) in [5.41, 5.74) is 6.92. The van der Waals surface area contributed by atoms with E-state index in [1.165, 1.54) is 12.1 Å². The number of carbonyl (C=O) groups excluding carboxylic acids is 4. The summed E-state index contributed by atoms with van der Waals surface area (Å²) < 4.78 is 41.1. The highest BCUT2D eigenvalue weighted by molar-refractivity contribution is 9.11. The predicted molar refractivity (Wildman–Crippen MR) is 268 cm³/mol. The molecule has 20 heteroatoms. The smallest absolute Gasteiger partial charge is 0.399 e. The van der Waals surface area contributed by atoms with Crippen LogP contribution in [0.4, 0.5) is 20.2 Å². The third kappa shape index (κ3) is 11.3. The maximum absolute atomic E-state index is 13.4. The van der Waals surface area contributed by atoms with Gasteiger partial charge in [-0.05, 0) is 119 Å². The van der Waals surface area contributed by atoms with Crippen molar-refractivity contribution in [3.05, 3.63) is 118 Å². The summed E-state index contributed by atoms with van der Waals surface area (Å²) >= 11 is 9.80. The van der Waals surface area contributed by atoms with E-state index in [4.69, 9.17) is 19.5 Å². The average Bonchev–Trinajstić information content (AvgIpc) is 4.06. The molecule has 0 radical (unpaired) electrons. The summed E-state index contributed by atoms with van der Waals surface area (Å²) in [7, 11) is -0.476. The van der Waals surface area contributed by atoms with Crippen LogP contribution in [0.15, 0.2) is 61.9 Å². The van der Waals surface area contributed by atoms with E-state index < -0.39 is 30.0 Å². The Balaban J connectivity index is 0.000000155. The molecule has 1 fully saturated rings. The molecular weight excluding hydrogens is 1080 g/mol. The maximum atomic E-state index is 13.4. The van der Waals surface area contributed by atoms with Crippen molar-refractivity contribution in [1.82, 2.24) is 20.0 Å². The van der Waals surface area contributed by atoms with Gasteiger partial charge >= 0.3 is 7.12 Å². The van der Waals surface area contributed by atoms with Crippen molar-refractivity contribution in [2.24, 2.45) is 0 Å². The lowest BCUT2D eigenvalue weighted by atomic mass is 9.77. The average molecular weight is 1130 g/mol. The zero-order valence-corrected chi connectivity index (χ0v) is 43.8. The fraction of sp³-hybridized carbons (Fsp3) is 0.417. The van der Waals surface area contributed by atoms with Crippen LogP contribution >= 0.6 is 47.8 Å². The van der Waals surface area contributed by atoms with Gasteiger partial charge in [0.25, 0.3) is 23.6 Å². The summed E-state index contributed by atoms with van der Waals surface area (Å²) in [6.07, 6.45) is 0. The lowest BCUT2D eigenvalue weighted by Gasteiger charge is -2.32. The Morgan fingerprint density at radius 2 is 1.00 bits per heavy atom. The van der Waals surface area contributed by atoms with Gasteiger partial charge in [-0.1, -0.05) is 53.9 Å². The van der Waals surface area contributed by atoms with Crippen LogP contribution in [0.5, 0.6) is 0 Å². The van der Waals surface area contributed by atoms with Gasteiger partial charge in [0.2, 0.25) is 0 Å². The van der Waals surface area contributed by atoms with Crippen molar-refractivity contribution in [2.45, 2.75) is 85.8 Å².